The molecule has 1 heterocycles. The molecular formula is C24H28N2O5. The van der Waals surface area contributed by atoms with Gasteiger partial charge in [-0.1, -0.05) is 17.7 Å². The van der Waals surface area contributed by atoms with Crippen molar-refractivity contribution in [1.82, 2.24) is 0 Å². The second kappa shape index (κ2) is 10.7. The number of Topliss-reactive ketones (excluding diaryl/α,β-unsaturated/α-hetero) is 1. The molecule has 1 aliphatic rings. The first-order valence-electron chi connectivity index (χ1n) is 10.4. The fraction of sp³-hybridized carbons (Fsp3) is 0.375. The van der Waals surface area contributed by atoms with E-state index in [2.05, 4.69) is 10.2 Å². The number of carbonyl (C=O) groups excluding carboxylic acids is 3. The first kappa shape index (κ1) is 22.5. The Labute approximate surface area is 182 Å². The number of esters is 1. The summed E-state index contributed by atoms with van der Waals surface area (Å²) in [6, 6.07) is 13.1. The summed E-state index contributed by atoms with van der Waals surface area (Å²) < 4.78 is 10.4. The zero-order valence-electron chi connectivity index (χ0n) is 18.0. The van der Waals surface area contributed by atoms with Gasteiger partial charge in [-0.3, -0.25) is 14.4 Å². The van der Waals surface area contributed by atoms with Crippen molar-refractivity contribution in [3.8, 4) is 0 Å². The van der Waals surface area contributed by atoms with Crippen LogP contribution < -0.4 is 10.2 Å². The smallest absolute Gasteiger partial charge is 0.306 e. The molecule has 164 valence electrons. The fourth-order valence-corrected chi connectivity index (χ4v) is 3.38. The Bertz CT molecular complexity index is 933. The van der Waals surface area contributed by atoms with Gasteiger partial charge in [0.15, 0.2) is 12.4 Å². The van der Waals surface area contributed by atoms with E-state index in [1.54, 1.807) is 0 Å². The number of ketones is 1. The molecule has 0 bridgehead atoms. The number of anilines is 2. The molecule has 31 heavy (non-hydrogen) atoms. The van der Waals surface area contributed by atoms with E-state index in [9.17, 15) is 14.4 Å². The Balaban J connectivity index is 1.40. The van der Waals surface area contributed by atoms with Gasteiger partial charge in [0, 0.05) is 36.4 Å². The van der Waals surface area contributed by atoms with E-state index >= 15 is 0 Å². The maximum Gasteiger partial charge on any atom is 0.306 e. The van der Waals surface area contributed by atoms with Gasteiger partial charge >= 0.3 is 5.97 Å². The number of amides is 1. The number of morpholine rings is 1. The maximum atomic E-state index is 12.3. The van der Waals surface area contributed by atoms with Crippen molar-refractivity contribution in [2.45, 2.75) is 26.7 Å². The molecule has 0 radical (unpaired) electrons. The quantitative estimate of drug-likeness (QED) is 0.517. The summed E-state index contributed by atoms with van der Waals surface area (Å²) in [4.78, 5) is 38.6. The van der Waals surface area contributed by atoms with E-state index in [4.69, 9.17) is 9.47 Å². The molecular weight excluding hydrogens is 396 g/mol. The number of ether oxygens (including phenoxy) is 2. The van der Waals surface area contributed by atoms with Gasteiger partial charge in [0.1, 0.15) is 0 Å². The molecule has 2 aromatic carbocycles. The van der Waals surface area contributed by atoms with Crippen LogP contribution in [0.25, 0.3) is 0 Å². The fourth-order valence-electron chi connectivity index (χ4n) is 3.38. The predicted molar refractivity (Wildman–Crippen MR) is 119 cm³/mol. The third-order valence-corrected chi connectivity index (χ3v) is 5.14. The van der Waals surface area contributed by atoms with Crippen LogP contribution >= 0.6 is 0 Å². The molecule has 0 aliphatic carbocycles. The van der Waals surface area contributed by atoms with Gasteiger partial charge in [0.2, 0.25) is 0 Å². The van der Waals surface area contributed by atoms with Gasteiger partial charge in [-0.2, -0.15) is 0 Å². The second-order valence-electron chi connectivity index (χ2n) is 7.60. The highest BCUT2D eigenvalue weighted by Crippen LogP contribution is 2.19. The highest BCUT2D eigenvalue weighted by molar-refractivity contribution is 5.99. The van der Waals surface area contributed by atoms with Gasteiger partial charge in [-0.05, 0) is 49.7 Å². The van der Waals surface area contributed by atoms with Crippen LogP contribution in [-0.2, 0) is 19.1 Å². The Kier molecular flexibility index (Phi) is 7.78. The lowest BCUT2D eigenvalue weighted by atomic mass is 9.99. The van der Waals surface area contributed by atoms with Crippen LogP contribution in [-0.4, -0.2) is 50.6 Å². The lowest BCUT2D eigenvalue weighted by Crippen LogP contribution is -2.36. The van der Waals surface area contributed by atoms with Gasteiger partial charge in [0.25, 0.3) is 5.91 Å². The van der Waals surface area contributed by atoms with Crippen LogP contribution in [0.3, 0.4) is 0 Å². The van der Waals surface area contributed by atoms with Crippen LogP contribution in [0.5, 0.6) is 0 Å². The number of benzene rings is 2. The lowest BCUT2D eigenvalue weighted by Gasteiger charge is -2.28. The van der Waals surface area contributed by atoms with Crippen molar-refractivity contribution in [2.75, 3.05) is 43.1 Å². The predicted octanol–water partition coefficient (Wildman–Crippen LogP) is 3.28. The molecule has 1 amide bonds. The minimum atomic E-state index is -0.573. The molecule has 7 nitrogen and oxygen atoms in total. The molecule has 0 aromatic heterocycles. The average molecular weight is 424 g/mol. The minimum absolute atomic E-state index is 0.0494. The Hall–Kier alpha value is -3.19. The molecule has 0 unspecified atom stereocenters. The molecule has 0 saturated carbocycles. The van der Waals surface area contributed by atoms with Crippen molar-refractivity contribution in [3.63, 3.8) is 0 Å². The maximum absolute atomic E-state index is 12.3. The molecule has 0 spiro atoms. The van der Waals surface area contributed by atoms with Crippen LogP contribution in [0.15, 0.2) is 42.5 Å². The zero-order chi connectivity index (χ0) is 22.2. The van der Waals surface area contributed by atoms with E-state index in [1.807, 2.05) is 56.3 Å². The number of hydrogen-bond acceptors (Lipinski definition) is 6. The van der Waals surface area contributed by atoms with Gasteiger partial charge in [-0.15, -0.1) is 0 Å². The molecule has 1 N–H and O–H groups in total. The monoisotopic (exact) mass is 424 g/mol. The van der Waals surface area contributed by atoms with E-state index in [0.717, 1.165) is 29.9 Å². The largest absolute Gasteiger partial charge is 0.456 e. The molecule has 1 aliphatic heterocycles. The number of nitrogens with one attached hydrogen (secondary N) is 1. The first-order chi connectivity index (χ1) is 14.9. The number of nitrogens with zero attached hydrogens (tertiary/aromatic N) is 1. The summed E-state index contributed by atoms with van der Waals surface area (Å²) in [6.45, 7) is 6.49. The Morgan fingerprint density at radius 2 is 1.71 bits per heavy atom. The van der Waals surface area contributed by atoms with Crippen molar-refractivity contribution in [1.29, 1.82) is 0 Å². The molecule has 0 atom stereocenters. The van der Waals surface area contributed by atoms with Gasteiger partial charge in [-0.25, -0.2) is 0 Å². The molecule has 7 heteroatoms. The van der Waals surface area contributed by atoms with E-state index in [0.29, 0.717) is 24.5 Å². The van der Waals surface area contributed by atoms with Crippen molar-refractivity contribution >= 4 is 29.0 Å². The minimum Gasteiger partial charge on any atom is -0.456 e. The highest BCUT2D eigenvalue weighted by atomic mass is 16.5. The van der Waals surface area contributed by atoms with Gasteiger partial charge < -0.3 is 19.7 Å². The summed E-state index contributed by atoms with van der Waals surface area (Å²) in [7, 11) is 0. The molecule has 1 saturated heterocycles. The summed E-state index contributed by atoms with van der Waals surface area (Å²) in [5.41, 5.74) is 4.18. The highest BCUT2D eigenvalue weighted by Gasteiger charge is 2.14. The summed E-state index contributed by atoms with van der Waals surface area (Å²) in [5.74, 6) is -1.10. The summed E-state index contributed by atoms with van der Waals surface area (Å²) in [5, 5.41) is 2.71. The Morgan fingerprint density at radius 1 is 1.00 bits per heavy atom. The van der Waals surface area contributed by atoms with Crippen LogP contribution in [0.1, 0.15) is 34.3 Å². The van der Waals surface area contributed by atoms with Crippen molar-refractivity contribution < 1.29 is 23.9 Å². The third kappa shape index (κ3) is 6.65. The number of hydrogen-bond donors (Lipinski definition) is 1. The van der Waals surface area contributed by atoms with Gasteiger partial charge in [0.05, 0.1) is 19.6 Å². The number of aryl methyl sites for hydroxylation is 2. The van der Waals surface area contributed by atoms with Crippen LogP contribution in [0.4, 0.5) is 11.4 Å². The average Bonchev–Trinajstić information content (AvgIpc) is 2.78. The summed E-state index contributed by atoms with van der Waals surface area (Å²) >= 11 is 0. The number of carbonyl (C=O) groups is 3. The Morgan fingerprint density at radius 3 is 2.42 bits per heavy atom. The van der Waals surface area contributed by atoms with E-state index in [-0.39, 0.29) is 25.2 Å². The third-order valence-electron chi connectivity index (χ3n) is 5.14. The lowest BCUT2D eigenvalue weighted by molar-refractivity contribution is -0.147. The van der Waals surface area contributed by atoms with Crippen molar-refractivity contribution in [2.24, 2.45) is 0 Å². The van der Waals surface area contributed by atoms with Crippen molar-refractivity contribution in [3.05, 3.63) is 59.2 Å². The normalized spacial score (nSPS) is 13.5. The second-order valence-corrected chi connectivity index (χ2v) is 7.60. The molecule has 2 aromatic rings. The van der Waals surface area contributed by atoms with Crippen LogP contribution in [0.2, 0.25) is 0 Å². The van der Waals surface area contributed by atoms with E-state index in [1.165, 1.54) is 0 Å². The molecule has 1 fully saturated rings. The molecule has 3 rings (SSSR count). The zero-order valence-corrected chi connectivity index (χ0v) is 18.0. The SMILES string of the molecule is Cc1ccc(C)c(C(=O)CCC(=O)OCC(=O)Nc2ccc(N3CCOCC3)cc2)c1. The number of rotatable bonds is 8. The topological polar surface area (TPSA) is 84.9 Å². The van der Waals surface area contributed by atoms with E-state index < -0.39 is 11.9 Å². The summed E-state index contributed by atoms with van der Waals surface area (Å²) in [6.07, 6.45) is -0.0124. The first-order valence-corrected chi connectivity index (χ1v) is 10.4. The van der Waals surface area contributed by atoms with Crippen LogP contribution in [0, 0.1) is 13.8 Å². The standard InChI is InChI=1S/C24H28N2O5/c1-17-3-4-18(2)21(15-17)22(27)9-10-24(29)31-16-23(28)25-19-5-7-20(8-6-19)26-11-13-30-14-12-26/h3-8,15H,9-14,16H2,1-2H3,(H,25,28).